The molecule has 2 amide bonds. The van der Waals surface area contributed by atoms with Crippen molar-refractivity contribution in [1.82, 2.24) is 4.90 Å². The van der Waals surface area contributed by atoms with E-state index in [-0.39, 0.29) is 30.3 Å². The smallest absolute Gasteiger partial charge is 0.233 e. The van der Waals surface area contributed by atoms with Crippen molar-refractivity contribution in [2.24, 2.45) is 0 Å². The summed E-state index contributed by atoms with van der Waals surface area (Å²) >= 11 is 0. The van der Waals surface area contributed by atoms with Crippen molar-refractivity contribution in [3.8, 4) is 5.75 Å². The molecule has 0 spiro atoms. The lowest BCUT2D eigenvalue weighted by Gasteiger charge is -2.39. The molecule has 0 radical (unpaired) electrons. The Hall–Kier alpha value is -2.04. The number of anilines is 1. The number of likely N-dealkylation sites (tertiary alicyclic amines) is 1. The molecule has 0 bridgehead atoms. The number of carbonyl (C=O) groups excluding carboxylic acids is 2. The van der Waals surface area contributed by atoms with Gasteiger partial charge in [-0.05, 0) is 52.2 Å². The maximum absolute atomic E-state index is 12.5. The van der Waals surface area contributed by atoms with Crippen LogP contribution in [0.15, 0.2) is 24.3 Å². The average Bonchev–Trinajstić information content (AvgIpc) is 2.49. The molecule has 1 heterocycles. The van der Waals surface area contributed by atoms with Crippen molar-refractivity contribution in [2.45, 2.75) is 58.5 Å². The van der Waals surface area contributed by atoms with Gasteiger partial charge in [-0.25, -0.2) is 0 Å². The fourth-order valence-electron chi connectivity index (χ4n) is 3.19. The third kappa shape index (κ3) is 4.47. The third-order valence-corrected chi connectivity index (χ3v) is 4.25. The maximum Gasteiger partial charge on any atom is 0.233 e. The summed E-state index contributed by atoms with van der Waals surface area (Å²) in [5.74, 6) is 0.221. The van der Waals surface area contributed by atoms with Gasteiger partial charge in [0.05, 0.1) is 12.3 Å². The van der Waals surface area contributed by atoms with E-state index >= 15 is 0 Å². The van der Waals surface area contributed by atoms with Gasteiger partial charge in [0.2, 0.25) is 11.8 Å². The van der Waals surface area contributed by atoms with Crippen LogP contribution in [0.25, 0.3) is 0 Å². The number of hydrogen-bond acceptors (Lipinski definition) is 3. The number of piperidine rings is 1. The van der Waals surface area contributed by atoms with Crippen LogP contribution >= 0.6 is 0 Å². The predicted octanol–water partition coefficient (Wildman–Crippen LogP) is 3.20. The lowest BCUT2D eigenvalue weighted by molar-refractivity contribution is -0.139. The molecule has 2 rings (SSSR count). The summed E-state index contributed by atoms with van der Waals surface area (Å²) in [4.78, 5) is 26.5. The molecule has 5 heteroatoms. The zero-order valence-corrected chi connectivity index (χ0v) is 14.2. The second-order valence-corrected chi connectivity index (χ2v) is 6.08. The van der Waals surface area contributed by atoms with E-state index in [1.807, 2.05) is 24.0 Å². The molecule has 1 aliphatic rings. The number of nitrogens with zero attached hydrogens (tertiary/aromatic N) is 1. The Morgan fingerprint density at radius 1 is 1.22 bits per heavy atom. The Bertz CT molecular complexity index is 549. The summed E-state index contributed by atoms with van der Waals surface area (Å²) in [7, 11) is 0. The van der Waals surface area contributed by atoms with Gasteiger partial charge in [-0.15, -0.1) is 0 Å². The van der Waals surface area contributed by atoms with Crippen LogP contribution in [0.3, 0.4) is 0 Å². The summed E-state index contributed by atoms with van der Waals surface area (Å²) in [6.07, 6.45) is 3.02. The van der Waals surface area contributed by atoms with Crippen LogP contribution in [0, 0.1) is 0 Å². The number of hydrogen-bond donors (Lipinski definition) is 1. The van der Waals surface area contributed by atoms with Gasteiger partial charge in [0.1, 0.15) is 12.2 Å². The molecule has 1 aromatic rings. The highest BCUT2D eigenvalue weighted by atomic mass is 16.5. The van der Waals surface area contributed by atoms with Gasteiger partial charge >= 0.3 is 0 Å². The highest BCUT2D eigenvalue weighted by molar-refractivity contribution is 6.04. The summed E-state index contributed by atoms with van der Waals surface area (Å²) in [6.45, 7) is 6.52. The highest BCUT2D eigenvalue weighted by Gasteiger charge is 2.29. The molecule has 0 aromatic heterocycles. The van der Waals surface area contributed by atoms with Crippen molar-refractivity contribution in [2.75, 3.05) is 11.9 Å². The largest absolute Gasteiger partial charge is 0.492 e. The van der Waals surface area contributed by atoms with E-state index < -0.39 is 0 Å². The summed E-state index contributed by atoms with van der Waals surface area (Å²) in [6, 6.07) is 7.66. The monoisotopic (exact) mass is 318 g/mol. The lowest BCUT2D eigenvalue weighted by atomic mass is 9.97. The van der Waals surface area contributed by atoms with Crippen molar-refractivity contribution in [1.29, 1.82) is 0 Å². The van der Waals surface area contributed by atoms with E-state index in [0.717, 1.165) is 19.3 Å². The number of amides is 2. The van der Waals surface area contributed by atoms with E-state index in [4.69, 9.17) is 4.74 Å². The molecular formula is C18H26N2O3. The van der Waals surface area contributed by atoms with E-state index in [1.165, 1.54) is 0 Å². The van der Waals surface area contributed by atoms with Crippen molar-refractivity contribution >= 4 is 17.5 Å². The first-order chi connectivity index (χ1) is 11.0. The van der Waals surface area contributed by atoms with Crippen molar-refractivity contribution < 1.29 is 14.3 Å². The van der Waals surface area contributed by atoms with Gasteiger partial charge in [-0.3, -0.25) is 9.59 Å². The van der Waals surface area contributed by atoms with E-state index in [9.17, 15) is 9.59 Å². The van der Waals surface area contributed by atoms with Gasteiger partial charge in [0, 0.05) is 12.1 Å². The van der Waals surface area contributed by atoms with Gasteiger partial charge in [0.25, 0.3) is 0 Å². The molecule has 0 unspecified atom stereocenters. The zero-order chi connectivity index (χ0) is 16.8. The Morgan fingerprint density at radius 2 is 1.87 bits per heavy atom. The predicted molar refractivity (Wildman–Crippen MR) is 90.5 cm³/mol. The van der Waals surface area contributed by atoms with Gasteiger partial charge < -0.3 is 15.0 Å². The van der Waals surface area contributed by atoms with Crippen LogP contribution < -0.4 is 10.1 Å². The molecular weight excluding hydrogens is 292 g/mol. The maximum atomic E-state index is 12.5. The first kappa shape index (κ1) is 17.3. The van der Waals surface area contributed by atoms with Crippen LogP contribution in [0.2, 0.25) is 0 Å². The number of rotatable bonds is 5. The van der Waals surface area contributed by atoms with Crippen LogP contribution in [0.1, 0.15) is 46.5 Å². The molecule has 1 saturated heterocycles. The first-order valence-corrected chi connectivity index (χ1v) is 8.35. The molecule has 0 aliphatic carbocycles. The minimum Gasteiger partial charge on any atom is -0.492 e. The molecule has 1 N–H and O–H groups in total. The fraction of sp³-hybridized carbons (Fsp3) is 0.556. The number of carbonyl (C=O) groups is 2. The van der Waals surface area contributed by atoms with Crippen LogP contribution in [-0.4, -0.2) is 35.4 Å². The van der Waals surface area contributed by atoms with Crippen LogP contribution in [0.4, 0.5) is 5.69 Å². The van der Waals surface area contributed by atoms with E-state index in [1.54, 1.807) is 12.1 Å². The van der Waals surface area contributed by atoms with Gasteiger partial charge in [0.15, 0.2) is 0 Å². The van der Waals surface area contributed by atoms with Crippen LogP contribution in [-0.2, 0) is 9.59 Å². The summed E-state index contributed by atoms with van der Waals surface area (Å²) in [5, 5.41) is 2.78. The molecule has 126 valence electrons. The van der Waals surface area contributed by atoms with Crippen LogP contribution in [0.5, 0.6) is 5.75 Å². The number of nitrogens with one attached hydrogen (secondary N) is 1. The second kappa shape index (κ2) is 7.99. The number of benzene rings is 1. The van der Waals surface area contributed by atoms with Crippen molar-refractivity contribution in [3.63, 3.8) is 0 Å². The Labute approximate surface area is 138 Å². The molecule has 0 saturated carbocycles. The van der Waals surface area contributed by atoms with E-state index in [0.29, 0.717) is 18.0 Å². The molecule has 23 heavy (non-hydrogen) atoms. The lowest BCUT2D eigenvalue weighted by Crippen LogP contribution is -2.48. The highest BCUT2D eigenvalue weighted by Crippen LogP contribution is 2.25. The molecule has 1 aliphatic heterocycles. The zero-order valence-electron chi connectivity index (χ0n) is 14.2. The Balaban J connectivity index is 1.98. The van der Waals surface area contributed by atoms with Gasteiger partial charge in [-0.2, -0.15) is 0 Å². The standard InChI is InChI=1S/C18H26N2O3/c1-4-23-16-11-6-5-10-15(16)19-17(21)12-18(22)20-13(2)8-7-9-14(20)3/h5-6,10-11,13-14H,4,7-9,12H2,1-3H3,(H,19,21)/t13-,14+. The Morgan fingerprint density at radius 3 is 2.52 bits per heavy atom. The second-order valence-electron chi connectivity index (χ2n) is 6.08. The first-order valence-electron chi connectivity index (χ1n) is 8.35. The molecule has 2 atom stereocenters. The summed E-state index contributed by atoms with van der Waals surface area (Å²) < 4.78 is 5.48. The molecule has 5 nitrogen and oxygen atoms in total. The van der Waals surface area contributed by atoms with E-state index in [2.05, 4.69) is 19.2 Å². The number of para-hydroxylation sites is 2. The molecule has 1 aromatic carbocycles. The summed E-state index contributed by atoms with van der Waals surface area (Å²) in [5.41, 5.74) is 0.604. The minimum atomic E-state index is -0.299. The number of ether oxygens (including phenoxy) is 1. The van der Waals surface area contributed by atoms with Gasteiger partial charge in [-0.1, -0.05) is 12.1 Å². The molecule has 1 fully saturated rings. The van der Waals surface area contributed by atoms with Crippen molar-refractivity contribution in [3.05, 3.63) is 24.3 Å². The SMILES string of the molecule is CCOc1ccccc1NC(=O)CC(=O)N1[C@H](C)CCC[C@@H]1C. The topological polar surface area (TPSA) is 58.6 Å². The minimum absolute atomic E-state index is 0.101. The third-order valence-electron chi connectivity index (χ3n) is 4.25. The Kier molecular flexibility index (Phi) is 6.02. The average molecular weight is 318 g/mol. The quantitative estimate of drug-likeness (QED) is 0.848. The fourth-order valence-corrected chi connectivity index (χ4v) is 3.19. The normalized spacial score (nSPS) is 20.9.